The molecule has 1 atom stereocenters. The smallest absolute Gasteiger partial charge is 0.225 e. The standard InChI is InChI=1S/C12H16BrFN2O/c1-3-8(15)5-12(17)16-11-6-10(14)9(13)4-7(11)2/h4,6,8H,3,5,15H2,1-2H3,(H,16,17). The predicted octanol–water partition coefficient (Wildman–Crippen LogP) is 2.96. The summed E-state index contributed by atoms with van der Waals surface area (Å²) < 4.78 is 13.7. The van der Waals surface area contributed by atoms with Crippen LogP contribution in [0.25, 0.3) is 0 Å². The zero-order valence-corrected chi connectivity index (χ0v) is 11.5. The average Bonchev–Trinajstić information content (AvgIpc) is 2.25. The highest BCUT2D eigenvalue weighted by molar-refractivity contribution is 9.10. The maximum absolute atomic E-state index is 13.3. The highest BCUT2D eigenvalue weighted by Gasteiger charge is 2.11. The van der Waals surface area contributed by atoms with E-state index in [1.54, 1.807) is 13.0 Å². The van der Waals surface area contributed by atoms with Crippen LogP contribution >= 0.6 is 15.9 Å². The van der Waals surface area contributed by atoms with Gasteiger partial charge in [0.2, 0.25) is 5.91 Å². The molecular weight excluding hydrogens is 287 g/mol. The lowest BCUT2D eigenvalue weighted by Crippen LogP contribution is -2.26. The molecule has 3 nitrogen and oxygen atoms in total. The molecule has 17 heavy (non-hydrogen) atoms. The highest BCUT2D eigenvalue weighted by Crippen LogP contribution is 2.24. The molecular formula is C12H16BrFN2O. The number of carbonyl (C=O) groups is 1. The van der Waals surface area contributed by atoms with Crippen molar-refractivity contribution in [3.63, 3.8) is 0 Å². The van der Waals surface area contributed by atoms with Gasteiger partial charge < -0.3 is 11.1 Å². The van der Waals surface area contributed by atoms with Gasteiger partial charge in [-0.3, -0.25) is 4.79 Å². The summed E-state index contributed by atoms with van der Waals surface area (Å²) in [6.45, 7) is 3.72. The molecule has 0 fully saturated rings. The normalized spacial score (nSPS) is 12.3. The molecule has 0 bridgehead atoms. The van der Waals surface area contributed by atoms with E-state index < -0.39 is 5.82 Å². The van der Waals surface area contributed by atoms with E-state index in [-0.39, 0.29) is 18.4 Å². The number of nitrogens with two attached hydrogens (primary N) is 1. The number of carbonyl (C=O) groups excluding carboxylic acids is 1. The number of benzene rings is 1. The van der Waals surface area contributed by atoms with E-state index >= 15 is 0 Å². The Morgan fingerprint density at radius 2 is 2.24 bits per heavy atom. The summed E-state index contributed by atoms with van der Waals surface area (Å²) >= 11 is 3.09. The summed E-state index contributed by atoms with van der Waals surface area (Å²) in [5, 5.41) is 2.66. The SMILES string of the molecule is CCC(N)CC(=O)Nc1cc(F)c(Br)cc1C. The first-order chi connectivity index (χ1) is 7.93. The minimum atomic E-state index is -0.398. The second-order valence-corrected chi connectivity index (χ2v) is 4.86. The summed E-state index contributed by atoms with van der Waals surface area (Å²) in [7, 11) is 0. The van der Waals surface area contributed by atoms with Gasteiger partial charge in [-0.15, -0.1) is 0 Å². The number of aryl methyl sites for hydroxylation is 1. The topological polar surface area (TPSA) is 55.1 Å². The van der Waals surface area contributed by atoms with E-state index in [1.165, 1.54) is 6.07 Å². The maximum atomic E-state index is 13.3. The molecule has 0 radical (unpaired) electrons. The minimum Gasteiger partial charge on any atom is -0.327 e. The minimum absolute atomic E-state index is 0.157. The van der Waals surface area contributed by atoms with Crippen molar-refractivity contribution in [1.29, 1.82) is 0 Å². The van der Waals surface area contributed by atoms with Gasteiger partial charge in [-0.25, -0.2) is 4.39 Å². The molecule has 0 aliphatic rings. The van der Waals surface area contributed by atoms with Crippen LogP contribution < -0.4 is 11.1 Å². The second-order valence-electron chi connectivity index (χ2n) is 4.00. The number of amides is 1. The van der Waals surface area contributed by atoms with Crippen LogP contribution in [0, 0.1) is 12.7 Å². The van der Waals surface area contributed by atoms with Gasteiger partial charge in [-0.05, 0) is 47.0 Å². The van der Waals surface area contributed by atoms with E-state index in [0.29, 0.717) is 10.2 Å². The zero-order valence-electron chi connectivity index (χ0n) is 9.89. The van der Waals surface area contributed by atoms with Gasteiger partial charge in [-0.2, -0.15) is 0 Å². The van der Waals surface area contributed by atoms with Gasteiger partial charge in [0.15, 0.2) is 0 Å². The lowest BCUT2D eigenvalue weighted by molar-refractivity contribution is -0.116. The molecule has 0 saturated heterocycles. The largest absolute Gasteiger partial charge is 0.327 e. The van der Waals surface area contributed by atoms with Gasteiger partial charge in [0.25, 0.3) is 0 Å². The van der Waals surface area contributed by atoms with Crippen molar-refractivity contribution < 1.29 is 9.18 Å². The van der Waals surface area contributed by atoms with E-state index in [1.807, 2.05) is 6.92 Å². The van der Waals surface area contributed by atoms with Crippen LogP contribution in [0.1, 0.15) is 25.3 Å². The summed E-state index contributed by atoms with van der Waals surface area (Å²) in [6, 6.07) is 2.77. The van der Waals surface area contributed by atoms with Crippen LogP contribution in [-0.4, -0.2) is 11.9 Å². The Labute approximate surface area is 109 Å². The molecule has 5 heteroatoms. The Balaban J connectivity index is 2.75. The molecule has 0 aromatic heterocycles. The first-order valence-corrected chi connectivity index (χ1v) is 6.24. The van der Waals surface area contributed by atoms with Gasteiger partial charge in [0.1, 0.15) is 5.82 Å². The zero-order chi connectivity index (χ0) is 13.0. The Hall–Kier alpha value is -0.940. The number of halogens is 2. The average molecular weight is 303 g/mol. The summed E-state index contributed by atoms with van der Waals surface area (Å²) in [6.07, 6.45) is 0.981. The van der Waals surface area contributed by atoms with Gasteiger partial charge in [0, 0.05) is 18.2 Å². The van der Waals surface area contributed by atoms with Crippen LogP contribution in [-0.2, 0) is 4.79 Å². The van der Waals surface area contributed by atoms with Crippen molar-refractivity contribution in [2.45, 2.75) is 32.7 Å². The second kappa shape index (κ2) is 6.12. The van der Waals surface area contributed by atoms with Crippen LogP contribution in [0.2, 0.25) is 0 Å². The molecule has 1 aromatic rings. The molecule has 94 valence electrons. The fourth-order valence-electron chi connectivity index (χ4n) is 1.36. The summed E-state index contributed by atoms with van der Waals surface area (Å²) in [5.74, 6) is -0.588. The first-order valence-electron chi connectivity index (χ1n) is 5.45. The van der Waals surface area contributed by atoms with Crippen molar-refractivity contribution in [2.75, 3.05) is 5.32 Å². The number of anilines is 1. The molecule has 3 N–H and O–H groups in total. The molecule has 1 aromatic carbocycles. The highest BCUT2D eigenvalue weighted by atomic mass is 79.9. The Kier molecular flexibility index (Phi) is 5.08. The third-order valence-electron chi connectivity index (χ3n) is 2.51. The quantitative estimate of drug-likeness (QED) is 0.898. The van der Waals surface area contributed by atoms with Gasteiger partial charge in [0.05, 0.1) is 4.47 Å². The maximum Gasteiger partial charge on any atom is 0.225 e. The number of hydrogen-bond donors (Lipinski definition) is 2. The van der Waals surface area contributed by atoms with Crippen LogP contribution in [0.5, 0.6) is 0 Å². The summed E-state index contributed by atoms with van der Waals surface area (Å²) in [4.78, 5) is 11.6. The number of hydrogen-bond acceptors (Lipinski definition) is 2. The monoisotopic (exact) mass is 302 g/mol. The first kappa shape index (κ1) is 14.1. The van der Waals surface area contributed by atoms with Crippen molar-refractivity contribution in [3.05, 3.63) is 28.0 Å². The fourth-order valence-corrected chi connectivity index (χ4v) is 1.82. The molecule has 0 aliphatic heterocycles. The van der Waals surface area contributed by atoms with E-state index in [9.17, 15) is 9.18 Å². The van der Waals surface area contributed by atoms with E-state index in [0.717, 1.165) is 12.0 Å². The number of rotatable bonds is 4. The van der Waals surface area contributed by atoms with E-state index in [2.05, 4.69) is 21.2 Å². The van der Waals surface area contributed by atoms with E-state index in [4.69, 9.17) is 5.73 Å². The third kappa shape index (κ3) is 4.09. The van der Waals surface area contributed by atoms with Gasteiger partial charge >= 0.3 is 0 Å². The molecule has 1 amide bonds. The fraction of sp³-hybridized carbons (Fsp3) is 0.417. The van der Waals surface area contributed by atoms with Crippen LogP contribution in [0.4, 0.5) is 10.1 Å². The van der Waals surface area contributed by atoms with Crippen molar-refractivity contribution in [1.82, 2.24) is 0 Å². The molecule has 1 rings (SSSR count). The molecule has 0 aliphatic carbocycles. The van der Waals surface area contributed by atoms with Crippen LogP contribution in [0.15, 0.2) is 16.6 Å². The molecule has 0 spiro atoms. The van der Waals surface area contributed by atoms with Crippen molar-refractivity contribution in [3.8, 4) is 0 Å². The Morgan fingerprint density at radius 3 is 2.82 bits per heavy atom. The van der Waals surface area contributed by atoms with Crippen LogP contribution in [0.3, 0.4) is 0 Å². The molecule has 0 heterocycles. The third-order valence-corrected chi connectivity index (χ3v) is 3.12. The lowest BCUT2D eigenvalue weighted by Gasteiger charge is -2.12. The Morgan fingerprint density at radius 1 is 1.59 bits per heavy atom. The molecule has 1 unspecified atom stereocenters. The number of nitrogens with one attached hydrogen (secondary N) is 1. The lowest BCUT2D eigenvalue weighted by atomic mass is 10.1. The summed E-state index contributed by atoms with van der Waals surface area (Å²) in [5.41, 5.74) is 6.96. The Bertz CT molecular complexity index is 423. The van der Waals surface area contributed by atoms with Crippen molar-refractivity contribution in [2.24, 2.45) is 5.73 Å². The predicted molar refractivity (Wildman–Crippen MR) is 70.4 cm³/mol. The van der Waals surface area contributed by atoms with Crippen molar-refractivity contribution >= 4 is 27.5 Å². The molecule has 0 saturated carbocycles. The van der Waals surface area contributed by atoms with Gasteiger partial charge in [-0.1, -0.05) is 6.92 Å².